The van der Waals surface area contributed by atoms with Crippen molar-refractivity contribution in [3.05, 3.63) is 58.4 Å². The van der Waals surface area contributed by atoms with E-state index < -0.39 is 15.8 Å². The van der Waals surface area contributed by atoms with E-state index in [4.69, 9.17) is 17.3 Å². The van der Waals surface area contributed by atoms with Gasteiger partial charge >= 0.3 is 0 Å². The minimum Gasteiger partial charge on any atom is -0.326 e. The normalized spacial score (nSPS) is 11.4. The number of hydrogen-bond acceptors (Lipinski definition) is 3. The van der Waals surface area contributed by atoms with E-state index in [1.54, 1.807) is 25.1 Å². The zero-order valence-electron chi connectivity index (χ0n) is 11.2. The van der Waals surface area contributed by atoms with E-state index in [9.17, 15) is 12.8 Å². The van der Waals surface area contributed by atoms with Crippen molar-refractivity contribution in [2.24, 2.45) is 5.73 Å². The maximum Gasteiger partial charge on any atom is 0.262 e. The minimum absolute atomic E-state index is 0.0158. The van der Waals surface area contributed by atoms with Crippen molar-refractivity contribution in [1.82, 2.24) is 0 Å². The highest BCUT2D eigenvalue weighted by Gasteiger charge is 2.21. The summed E-state index contributed by atoms with van der Waals surface area (Å²) in [5, 5.41) is 0.268. The van der Waals surface area contributed by atoms with Gasteiger partial charge in [-0.05, 0) is 36.2 Å². The molecule has 2 rings (SSSR count). The number of nitrogens with two attached hydrogens (primary N) is 1. The third kappa shape index (κ3) is 3.34. The van der Waals surface area contributed by atoms with Crippen molar-refractivity contribution in [3.63, 3.8) is 0 Å². The second kappa shape index (κ2) is 6.01. The largest absolute Gasteiger partial charge is 0.326 e. The van der Waals surface area contributed by atoms with Crippen molar-refractivity contribution >= 4 is 27.3 Å². The van der Waals surface area contributed by atoms with Crippen LogP contribution in [-0.2, 0) is 16.6 Å². The summed E-state index contributed by atoms with van der Waals surface area (Å²) in [7, 11) is -3.98. The van der Waals surface area contributed by atoms with E-state index in [1.165, 1.54) is 12.1 Å². The van der Waals surface area contributed by atoms with E-state index in [0.29, 0.717) is 11.1 Å². The lowest BCUT2D eigenvalue weighted by atomic mass is 10.2. The highest BCUT2D eigenvalue weighted by molar-refractivity contribution is 7.92. The summed E-state index contributed by atoms with van der Waals surface area (Å²) in [5.74, 6) is -0.650. The van der Waals surface area contributed by atoms with Gasteiger partial charge in [0.2, 0.25) is 0 Å². The molecule has 0 aliphatic heterocycles. The lowest BCUT2D eigenvalue weighted by molar-refractivity contribution is 0.593. The molecule has 0 aromatic heterocycles. The van der Waals surface area contributed by atoms with Crippen LogP contribution in [0.4, 0.5) is 10.1 Å². The Balaban J connectivity index is 2.51. The Labute approximate surface area is 127 Å². The van der Waals surface area contributed by atoms with E-state index >= 15 is 0 Å². The van der Waals surface area contributed by atoms with Gasteiger partial charge in [-0.2, -0.15) is 0 Å². The Morgan fingerprint density at radius 1 is 1.29 bits per heavy atom. The number of aryl methyl sites for hydroxylation is 1. The van der Waals surface area contributed by atoms with Gasteiger partial charge in [-0.3, -0.25) is 4.72 Å². The molecule has 2 aromatic rings. The van der Waals surface area contributed by atoms with Crippen molar-refractivity contribution < 1.29 is 12.8 Å². The fourth-order valence-corrected chi connectivity index (χ4v) is 3.64. The SMILES string of the molecule is Cc1cccc(Cl)c1NS(=O)(=O)c1cc(F)ccc1CN. The van der Waals surface area contributed by atoms with Gasteiger partial charge in [0.25, 0.3) is 10.0 Å². The molecule has 0 bridgehead atoms. The summed E-state index contributed by atoms with van der Waals surface area (Å²) in [6.07, 6.45) is 0. The number of halogens is 2. The third-order valence-corrected chi connectivity index (χ3v) is 4.74. The number of sulfonamides is 1. The zero-order valence-corrected chi connectivity index (χ0v) is 12.8. The fourth-order valence-electron chi connectivity index (χ4n) is 1.90. The van der Waals surface area contributed by atoms with E-state index in [0.717, 1.165) is 6.07 Å². The average molecular weight is 329 g/mol. The first-order chi connectivity index (χ1) is 9.85. The smallest absolute Gasteiger partial charge is 0.262 e. The summed E-state index contributed by atoms with van der Waals surface area (Å²) >= 11 is 6.00. The van der Waals surface area contributed by atoms with Gasteiger partial charge in [0.15, 0.2) is 0 Å². The summed E-state index contributed by atoms with van der Waals surface area (Å²) in [6.45, 7) is 1.71. The highest BCUT2D eigenvalue weighted by Crippen LogP contribution is 2.28. The molecule has 3 N–H and O–H groups in total. The molecule has 0 spiro atoms. The van der Waals surface area contributed by atoms with Crippen LogP contribution in [0.15, 0.2) is 41.3 Å². The first-order valence-electron chi connectivity index (χ1n) is 6.11. The van der Waals surface area contributed by atoms with Crippen LogP contribution in [0.25, 0.3) is 0 Å². The van der Waals surface area contributed by atoms with Crippen LogP contribution in [0.3, 0.4) is 0 Å². The quantitative estimate of drug-likeness (QED) is 0.906. The van der Waals surface area contributed by atoms with Gasteiger partial charge in [-0.25, -0.2) is 12.8 Å². The number of nitrogens with one attached hydrogen (secondary N) is 1. The molecule has 4 nitrogen and oxygen atoms in total. The van der Waals surface area contributed by atoms with Crippen molar-refractivity contribution in [3.8, 4) is 0 Å². The van der Waals surface area contributed by atoms with Gasteiger partial charge in [-0.1, -0.05) is 29.8 Å². The number of anilines is 1. The molecule has 0 aliphatic rings. The molecular formula is C14H14ClFN2O2S. The second-order valence-corrected chi connectivity index (χ2v) is 6.55. The van der Waals surface area contributed by atoms with Crippen molar-refractivity contribution in [2.45, 2.75) is 18.4 Å². The monoisotopic (exact) mass is 328 g/mol. The Morgan fingerprint density at radius 3 is 2.62 bits per heavy atom. The molecule has 0 unspecified atom stereocenters. The molecule has 2 aromatic carbocycles. The predicted octanol–water partition coefficient (Wildman–Crippen LogP) is 3.05. The topological polar surface area (TPSA) is 72.2 Å². The van der Waals surface area contributed by atoms with Crippen LogP contribution in [0.5, 0.6) is 0 Å². The molecular weight excluding hydrogens is 315 g/mol. The predicted molar refractivity (Wildman–Crippen MR) is 81.3 cm³/mol. The van der Waals surface area contributed by atoms with Crippen LogP contribution in [0, 0.1) is 12.7 Å². The molecule has 0 saturated heterocycles. The molecule has 0 amide bonds. The number of benzene rings is 2. The summed E-state index contributed by atoms with van der Waals surface area (Å²) in [6, 6.07) is 8.46. The summed E-state index contributed by atoms with van der Waals surface area (Å²) in [5.41, 5.74) is 6.77. The standard InChI is InChI=1S/C14H14ClFN2O2S/c1-9-3-2-4-12(15)14(9)18-21(19,20)13-7-11(16)6-5-10(13)8-17/h2-7,18H,8,17H2,1H3. The Bertz CT molecular complexity index is 758. The van der Waals surface area contributed by atoms with Gasteiger partial charge in [0, 0.05) is 6.54 Å². The van der Waals surface area contributed by atoms with Gasteiger partial charge in [-0.15, -0.1) is 0 Å². The van der Waals surface area contributed by atoms with E-state index in [2.05, 4.69) is 4.72 Å². The minimum atomic E-state index is -3.98. The highest BCUT2D eigenvalue weighted by atomic mass is 35.5. The van der Waals surface area contributed by atoms with Gasteiger partial charge in [0.05, 0.1) is 15.6 Å². The fraction of sp³-hybridized carbons (Fsp3) is 0.143. The van der Waals surface area contributed by atoms with E-state index in [1.807, 2.05) is 0 Å². The number of hydrogen-bond donors (Lipinski definition) is 2. The molecule has 112 valence electrons. The van der Waals surface area contributed by atoms with Gasteiger partial charge < -0.3 is 5.73 Å². The van der Waals surface area contributed by atoms with Gasteiger partial charge in [0.1, 0.15) is 5.82 Å². The molecule has 0 fully saturated rings. The molecule has 0 aliphatic carbocycles. The summed E-state index contributed by atoms with van der Waals surface area (Å²) < 4.78 is 40.6. The Hall–Kier alpha value is -1.63. The third-order valence-electron chi connectivity index (χ3n) is 3.00. The molecule has 0 atom stereocenters. The molecule has 7 heteroatoms. The molecule has 0 saturated carbocycles. The number of rotatable bonds is 4. The van der Waals surface area contributed by atoms with E-state index in [-0.39, 0.29) is 22.2 Å². The molecule has 0 radical (unpaired) electrons. The van der Waals surface area contributed by atoms with Crippen molar-refractivity contribution in [1.29, 1.82) is 0 Å². The lowest BCUT2D eigenvalue weighted by Crippen LogP contribution is -2.17. The zero-order chi connectivity index (χ0) is 15.6. The molecule has 0 heterocycles. The van der Waals surface area contributed by atoms with Crippen molar-refractivity contribution in [2.75, 3.05) is 4.72 Å². The average Bonchev–Trinajstić information content (AvgIpc) is 2.43. The maximum absolute atomic E-state index is 13.4. The van der Waals surface area contributed by atoms with Crippen LogP contribution in [0.2, 0.25) is 5.02 Å². The first kappa shape index (κ1) is 15.8. The Morgan fingerprint density at radius 2 is 2.00 bits per heavy atom. The maximum atomic E-state index is 13.4. The number of para-hydroxylation sites is 1. The summed E-state index contributed by atoms with van der Waals surface area (Å²) in [4.78, 5) is -0.190. The van der Waals surface area contributed by atoms with Crippen LogP contribution >= 0.6 is 11.6 Å². The van der Waals surface area contributed by atoms with Crippen LogP contribution in [-0.4, -0.2) is 8.42 Å². The first-order valence-corrected chi connectivity index (χ1v) is 7.97. The molecule has 21 heavy (non-hydrogen) atoms. The Kier molecular flexibility index (Phi) is 4.51. The van der Waals surface area contributed by atoms with Crippen LogP contribution in [0.1, 0.15) is 11.1 Å². The van der Waals surface area contributed by atoms with Crippen LogP contribution < -0.4 is 10.5 Å². The second-order valence-electron chi connectivity index (χ2n) is 4.49. The lowest BCUT2D eigenvalue weighted by Gasteiger charge is -2.14.